The molecule has 0 bridgehead atoms. The zero-order chi connectivity index (χ0) is 14.1. The molecule has 3 aromatic rings. The third-order valence-electron chi connectivity index (χ3n) is 3.94. The van der Waals surface area contributed by atoms with Crippen LogP contribution in [0.2, 0.25) is 0 Å². The lowest BCUT2D eigenvalue weighted by molar-refractivity contribution is 0.876. The van der Waals surface area contributed by atoms with E-state index in [4.69, 9.17) is 0 Å². The van der Waals surface area contributed by atoms with E-state index in [0.29, 0.717) is 5.92 Å². The Morgan fingerprint density at radius 1 is 0.700 bits per heavy atom. The van der Waals surface area contributed by atoms with Crippen LogP contribution in [0, 0.1) is 6.92 Å². The third kappa shape index (κ3) is 2.22. The van der Waals surface area contributed by atoms with Crippen molar-refractivity contribution in [1.82, 2.24) is 0 Å². The lowest BCUT2D eigenvalue weighted by atomic mass is 9.90. The van der Waals surface area contributed by atoms with Crippen LogP contribution >= 0.6 is 0 Å². The largest absolute Gasteiger partial charge is 0.0616 e. The minimum Gasteiger partial charge on any atom is -0.0616 e. The summed E-state index contributed by atoms with van der Waals surface area (Å²) in [7, 11) is 0. The first kappa shape index (κ1) is 12.9. The summed E-state index contributed by atoms with van der Waals surface area (Å²) in [6, 6.07) is 22.1. The zero-order valence-electron chi connectivity index (χ0n) is 12.4. The van der Waals surface area contributed by atoms with Crippen LogP contribution in [0.1, 0.15) is 30.9 Å². The number of rotatable bonds is 2. The predicted octanol–water partition coefficient (Wildman–Crippen LogP) is 5.94. The van der Waals surface area contributed by atoms with E-state index >= 15 is 0 Å². The van der Waals surface area contributed by atoms with Crippen molar-refractivity contribution in [3.63, 3.8) is 0 Å². The Labute approximate surface area is 121 Å². The second-order valence-corrected chi connectivity index (χ2v) is 5.77. The Morgan fingerprint density at radius 2 is 1.35 bits per heavy atom. The van der Waals surface area contributed by atoms with Gasteiger partial charge in [0.15, 0.2) is 0 Å². The van der Waals surface area contributed by atoms with Crippen molar-refractivity contribution >= 4 is 10.8 Å². The Kier molecular flexibility index (Phi) is 3.31. The molecule has 3 rings (SSSR count). The molecule has 3 aromatic carbocycles. The lowest BCUT2D eigenvalue weighted by Crippen LogP contribution is -1.91. The van der Waals surface area contributed by atoms with Crippen molar-refractivity contribution in [1.29, 1.82) is 0 Å². The molecule has 100 valence electrons. The predicted molar refractivity (Wildman–Crippen MR) is 88.2 cm³/mol. The van der Waals surface area contributed by atoms with Crippen molar-refractivity contribution in [2.24, 2.45) is 0 Å². The van der Waals surface area contributed by atoms with Gasteiger partial charge < -0.3 is 0 Å². The summed E-state index contributed by atoms with van der Waals surface area (Å²) in [6.45, 7) is 6.64. The van der Waals surface area contributed by atoms with Gasteiger partial charge in [-0.25, -0.2) is 0 Å². The van der Waals surface area contributed by atoms with Gasteiger partial charge in [-0.05, 0) is 40.3 Å². The highest BCUT2D eigenvalue weighted by Gasteiger charge is 2.09. The van der Waals surface area contributed by atoms with Gasteiger partial charge in [-0.3, -0.25) is 0 Å². The smallest absolute Gasteiger partial charge is 0.0103 e. The van der Waals surface area contributed by atoms with Gasteiger partial charge in [-0.2, -0.15) is 0 Å². The molecule has 0 aromatic heterocycles. The van der Waals surface area contributed by atoms with Crippen molar-refractivity contribution in [2.45, 2.75) is 26.7 Å². The summed E-state index contributed by atoms with van der Waals surface area (Å²) in [6.07, 6.45) is 0. The normalized spacial score (nSPS) is 11.2. The first-order valence-electron chi connectivity index (χ1n) is 7.25. The Hall–Kier alpha value is -2.08. The number of hydrogen-bond donors (Lipinski definition) is 0. The van der Waals surface area contributed by atoms with Crippen LogP contribution in [0.5, 0.6) is 0 Å². The average Bonchev–Trinajstić information content (AvgIpc) is 2.47. The molecule has 0 amide bonds. The Morgan fingerprint density at radius 3 is 2.00 bits per heavy atom. The topological polar surface area (TPSA) is 0 Å². The van der Waals surface area contributed by atoms with Gasteiger partial charge in [0, 0.05) is 0 Å². The summed E-state index contributed by atoms with van der Waals surface area (Å²) >= 11 is 0. The molecule has 0 radical (unpaired) electrons. The molecule has 0 heteroatoms. The standard InChI is InChI=1S/C20H20/c1-14(2)17-12-13-18(16-10-8-15(3)9-11-16)20-7-5-4-6-19(17)20/h4-14H,1-3H3. The average molecular weight is 260 g/mol. The quantitative estimate of drug-likeness (QED) is 0.535. The van der Waals surface area contributed by atoms with Crippen LogP contribution in [0.4, 0.5) is 0 Å². The molecular formula is C20H20. The first-order chi connectivity index (χ1) is 9.66. The Bertz CT molecular complexity index is 734. The van der Waals surface area contributed by atoms with Crippen LogP contribution in [-0.4, -0.2) is 0 Å². The summed E-state index contributed by atoms with van der Waals surface area (Å²) in [5, 5.41) is 2.73. The third-order valence-corrected chi connectivity index (χ3v) is 3.94. The van der Waals surface area contributed by atoms with Gasteiger partial charge in [0.25, 0.3) is 0 Å². The molecular weight excluding hydrogens is 240 g/mol. The minimum atomic E-state index is 0.548. The molecule has 0 aliphatic heterocycles. The summed E-state index contributed by atoms with van der Waals surface area (Å²) in [5.74, 6) is 0.548. The van der Waals surface area contributed by atoms with Gasteiger partial charge in [-0.1, -0.05) is 80.1 Å². The highest BCUT2D eigenvalue weighted by Crippen LogP contribution is 2.33. The first-order valence-corrected chi connectivity index (χ1v) is 7.25. The van der Waals surface area contributed by atoms with E-state index in [0.717, 1.165) is 0 Å². The summed E-state index contributed by atoms with van der Waals surface area (Å²) in [5.41, 5.74) is 5.35. The fourth-order valence-corrected chi connectivity index (χ4v) is 2.81. The van der Waals surface area contributed by atoms with Crippen LogP contribution in [-0.2, 0) is 0 Å². The zero-order valence-corrected chi connectivity index (χ0v) is 12.4. The number of aryl methyl sites for hydroxylation is 1. The van der Waals surface area contributed by atoms with Crippen LogP contribution in [0.3, 0.4) is 0 Å². The van der Waals surface area contributed by atoms with Gasteiger partial charge >= 0.3 is 0 Å². The minimum absolute atomic E-state index is 0.548. The molecule has 0 heterocycles. The van der Waals surface area contributed by atoms with Crippen molar-refractivity contribution in [3.8, 4) is 11.1 Å². The molecule has 0 saturated heterocycles. The fraction of sp³-hybridized carbons (Fsp3) is 0.200. The van der Waals surface area contributed by atoms with E-state index in [2.05, 4.69) is 81.4 Å². The summed E-state index contributed by atoms with van der Waals surface area (Å²) < 4.78 is 0. The molecule has 0 unspecified atom stereocenters. The molecule has 0 atom stereocenters. The maximum absolute atomic E-state index is 2.28. The van der Waals surface area contributed by atoms with Gasteiger partial charge in [0.05, 0.1) is 0 Å². The van der Waals surface area contributed by atoms with Crippen molar-refractivity contribution in [2.75, 3.05) is 0 Å². The number of fused-ring (bicyclic) bond motifs is 1. The van der Waals surface area contributed by atoms with E-state index in [1.165, 1.54) is 33.0 Å². The van der Waals surface area contributed by atoms with E-state index < -0.39 is 0 Å². The van der Waals surface area contributed by atoms with Crippen LogP contribution < -0.4 is 0 Å². The van der Waals surface area contributed by atoms with Crippen LogP contribution in [0.15, 0.2) is 60.7 Å². The molecule has 0 fully saturated rings. The van der Waals surface area contributed by atoms with Gasteiger partial charge in [0.2, 0.25) is 0 Å². The molecule has 0 aliphatic carbocycles. The molecule has 0 nitrogen and oxygen atoms in total. The monoisotopic (exact) mass is 260 g/mol. The maximum Gasteiger partial charge on any atom is -0.0103 e. The van der Waals surface area contributed by atoms with E-state index in [9.17, 15) is 0 Å². The Balaban J connectivity index is 2.27. The van der Waals surface area contributed by atoms with E-state index in [-0.39, 0.29) is 0 Å². The highest BCUT2D eigenvalue weighted by molar-refractivity contribution is 5.98. The molecule has 0 N–H and O–H groups in total. The molecule has 0 spiro atoms. The van der Waals surface area contributed by atoms with Gasteiger partial charge in [-0.15, -0.1) is 0 Å². The van der Waals surface area contributed by atoms with Crippen molar-refractivity contribution < 1.29 is 0 Å². The maximum atomic E-state index is 2.28. The second kappa shape index (κ2) is 5.13. The fourth-order valence-electron chi connectivity index (χ4n) is 2.81. The lowest BCUT2D eigenvalue weighted by Gasteiger charge is -2.14. The SMILES string of the molecule is Cc1ccc(-c2ccc(C(C)C)c3ccccc23)cc1. The van der Waals surface area contributed by atoms with Crippen molar-refractivity contribution in [3.05, 3.63) is 71.8 Å². The van der Waals surface area contributed by atoms with Gasteiger partial charge in [0.1, 0.15) is 0 Å². The number of hydrogen-bond acceptors (Lipinski definition) is 0. The number of benzene rings is 3. The van der Waals surface area contributed by atoms with Crippen LogP contribution in [0.25, 0.3) is 21.9 Å². The second-order valence-electron chi connectivity index (χ2n) is 5.77. The van der Waals surface area contributed by atoms with E-state index in [1.807, 2.05) is 0 Å². The molecule has 0 saturated carbocycles. The molecule has 0 aliphatic rings. The van der Waals surface area contributed by atoms with E-state index in [1.54, 1.807) is 0 Å². The summed E-state index contributed by atoms with van der Waals surface area (Å²) in [4.78, 5) is 0. The highest BCUT2D eigenvalue weighted by atomic mass is 14.1. The molecule has 20 heavy (non-hydrogen) atoms.